The average molecular weight is 253 g/mol. The first-order valence-electron chi connectivity index (χ1n) is 7.32. The third-order valence-corrected chi connectivity index (χ3v) is 4.71. The summed E-state index contributed by atoms with van der Waals surface area (Å²) in [5.41, 5.74) is 0. The molecular formula is C14H27N3O. The summed E-state index contributed by atoms with van der Waals surface area (Å²) >= 11 is 0. The van der Waals surface area contributed by atoms with Gasteiger partial charge in [0.1, 0.15) is 6.04 Å². The van der Waals surface area contributed by atoms with Crippen molar-refractivity contribution >= 4 is 5.91 Å². The SMILES string of the molecule is CNCC1C(=O)N(C2CCCC2)CCC(C)N1C. The van der Waals surface area contributed by atoms with Crippen molar-refractivity contribution in [2.45, 2.75) is 57.2 Å². The Kier molecular flexibility index (Phi) is 4.62. The molecule has 4 nitrogen and oxygen atoms in total. The zero-order chi connectivity index (χ0) is 13.1. The molecule has 0 spiro atoms. The number of hydrogen-bond acceptors (Lipinski definition) is 3. The smallest absolute Gasteiger partial charge is 0.241 e. The molecule has 2 rings (SSSR count). The first-order valence-corrected chi connectivity index (χ1v) is 7.32. The van der Waals surface area contributed by atoms with Crippen molar-refractivity contribution in [1.82, 2.24) is 15.1 Å². The summed E-state index contributed by atoms with van der Waals surface area (Å²) in [7, 11) is 4.01. The Morgan fingerprint density at radius 3 is 2.56 bits per heavy atom. The van der Waals surface area contributed by atoms with Crippen LogP contribution in [0.4, 0.5) is 0 Å². The molecule has 2 fully saturated rings. The highest BCUT2D eigenvalue weighted by molar-refractivity contribution is 5.82. The van der Waals surface area contributed by atoms with Gasteiger partial charge in [-0.2, -0.15) is 0 Å². The van der Waals surface area contributed by atoms with Gasteiger partial charge in [-0.1, -0.05) is 12.8 Å². The van der Waals surface area contributed by atoms with E-state index >= 15 is 0 Å². The number of rotatable bonds is 3. The second-order valence-electron chi connectivity index (χ2n) is 5.85. The van der Waals surface area contributed by atoms with Crippen LogP contribution in [0.5, 0.6) is 0 Å². The predicted molar refractivity (Wildman–Crippen MR) is 73.5 cm³/mol. The molecule has 1 aliphatic carbocycles. The van der Waals surface area contributed by atoms with E-state index in [4.69, 9.17) is 0 Å². The zero-order valence-corrected chi connectivity index (χ0v) is 12.0. The summed E-state index contributed by atoms with van der Waals surface area (Å²) < 4.78 is 0. The third kappa shape index (κ3) is 2.69. The molecule has 104 valence electrons. The van der Waals surface area contributed by atoms with Gasteiger partial charge in [0.15, 0.2) is 0 Å². The molecule has 1 N–H and O–H groups in total. The van der Waals surface area contributed by atoms with Crippen LogP contribution in [-0.2, 0) is 4.79 Å². The van der Waals surface area contributed by atoms with Crippen LogP contribution in [0.1, 0.15) is 39.0 Å². The maximum absolute atomic E-state index is 12.7. The van der Waals surface area contributed by atoms with Crippen LogP contribution in [0.3, 0.4) is 0 Å². The van der Waals surface area contributed by atoms with E-state index in [9.17, 15) is 4.79 Å². The fourth-order valence-corrected chi connectivity index (χ4v) is 3.32. The second-order valence-corrected chi connectivity index (χ2v) is 5.85. The lowest BCUT2D eigenvalue weighted by Crippen LogP contribution is -2.52. The third-order valence-electron chi connectivity index (χ3n) is 4.71. The van der Waals surface area contributed by atoms with E-state index < -0.39 is 0 Å². The van der Waals surface area contributed by atoms with Crippen LogP contribution in [0.15, 0.2) is 0 Å². The molecule has 18 heavy (non-hydrogen) atoms. The molecule has 1 amide bonds. The standard InChI is InChI=1S/C14H27N3O/c1-11-8-9-17(12-6-4-5-7-12)14(18)13(10-15-2)16(11)3/h11-13,15H,4-10H2,1-3H3. The van der Waals surface area contributed by atoms with Crippen LogP contribution >= 0.6 is 0 Å². The molecule has 2 aliphatic rings. The molecule has 2 unspecified atom stereocenters. The van der Waals surface area contributed by atoms with E-state index in [1.54, 1.807) is 0 Å². The molecule has 0 aromatic heterocycles. The Balaban J connectivity index is 2.13. The quantitative estimate of drug-likeness (QED) is 0.817. The number of hydrogen-bond donors (Lipinski definition) is 1. The van der Waals surface area contributed by atoms with Crippen LogP contribution in [0.25, 0.3) is 0 Å². The monoisotopic (exact) mass is 253 g/mol. The molecule has 1 aliphatic heterocycles. The van der Waals surface area contributed by atoms with E-state index in [0.29, 0.717) is 18.0 Å². The van der Waals surface area contributed by atoms with Crippen molar-refractivity contribution in [2.24, 2.45) is 0 Å². The first kappa shape index (κ1) is 13.8. The van der Waals surface area contributed by atoms with E-state index in [1.165, 1.54) is 25.7 Å². The molecule has 0 aromatic rings. The molecule has 1 saturated carbocycles. The van der Waals surface area contributed by atoms with E-state index in [1.807, 2.05) is 7.05 Å². The van der Waals surface area contributed by atoms with Gasteiger partial charge in [-0.3, -0.25) is 9.69 Å². The van der Waals surface area contributed by atoms with Crippen molar-refractivity contribution in [1.29, 1.82) is 0 Å². The molecule has 0 bridgehead atoms. The Morgan fingerprint density at radius 2 is 1.94 bits per heavy atom. The van der Waals surface area contributed by atoms with Gasteiger partial charge in [0.05, 0.1) is 0 Å². The molecule has 0 aromatic carbocycles. The van der Waals surface area contributed by atoms with Gasteiger partial charge in [-0.15, -0.1) is 0 Å². The van der Waals surface area contributed by atoms with Gasteiger partial charge in [-0.05, 0) is 40.3 Å². The highest BCUT2D eigenvalue weighted by Gasteiger charge is 2.37. The molecule has 4 heteroatoms. The summed E-state index contributed by atoms with van der Waals surface area (Å²) in [5, 5.41) is 3.17. The minimum atomic E-state index is 0.00750. The number of nitrogens with zero attached hydrogens (tertiary/aromatic N) is 2. The first-order chi connectivity index (χ1) is 8.65. The van der Waals surface area contributed by atoms with Gasteiger partial charge in [0.2, 0.25) is 5.91 Å². The van der Waals surface area contributed by atoms with Gasteiger partial charge in [0, 0.05) is 25.2 Å². The van der Waals surface area contributed by atoms with E-state index in [2.05, 4.69) is 29.1 Å². The number of carbonyl (C=O) groups excluding carboxylic acids is 1. The van der Waals surface area contributed by atoms with E-state index in [0.717, 1.165) is 19.5 Å². The number of nitrogens with one attached hydrogen (secondary N) is 1. The lowest BCUT2D eigenvalue weighted by Gasteiger charge is -2.32. The zero-order valence-electron chi connectivity index (χ0n) is 12.0. The fourth-order valence-electron chi connectivity index (χ4n) is 3.32. The topological polar surface area (TPSA) is 35.6 Å². The van der Waals surface area contributed by atoms with Crippen molar-refractivity contribution < 1.29 is 4.79 Å². The van der Waals surface area contributed by atoms with Gasteiger partial charge in [0.25, 0.3) is 0 Å². The Bertz CT molecular complexity index is 289. The maximum atomic E-state index is 12.7. The Morgan fingerprint density at radius 1 is 1.28 bits per heavy atom. The molecule has 1 heterocycles. The van der Waals surface area contributed by atoms with Gasteiger partial charge >= 0.3 is 0 Å². The highest BCUT2D eigenvalue weighted by Crippen LogP contribution is 2.27. The summed E-state index contributed by atoms with van der Waals surface area (Å²) in [5.74, 6) is 0.336. The van der Waals surface area contributed by atoms with Crippen LogP contribution in [0, 0.1) is 0 Å². The molecular weight excluding hydrogens is 226 g/mol. The minimum Gasteiger partial charge on any atom is -0.338 e. The van der Waals surface area contributed by atoms with Crippen LogP contribution in [0.2, 0.25) is 0 Å². The second kappa shape index (κ2) is 6.02. The Labute approximate surface area is 111 Å². The average Bonchev–Trinajstić information content (AvgIpc) is 2.85. The van der Waals surface area contributed by atoms with Gasteiger partial charge in [-0.25, -0.2) is 0 Å². The molecule has 1 saturated heterocycles. The van der Waals surface area contributed by atoms with Crippen molar-refractivity contribution in [3.8, 4) is 0 Å². The molecule has 2 atom stereocenters. The predicted octanol–water partition coefficient (Wildman–Crippen LogP) is 1.07. The normalized spacial score (nSPS) is 31.9. The lowest BCUT2D eigenvalue weighted by molar-refractivity contribution is -0.137. The molecule has 0 radical (unpaired) electrons. The maximum Gasteiger partial charge on any atom is 0.241 e. The largest absolute Gasteiger partial charge is 0.338 e. The highest BCUT2D eigenvalue weighted by atomic mass is 16.2. The van der Waals surface area contributed by atoms with E-state index in [-0.39, 0.29) is 6.04 Å². The van der Waals surface area contributed by atoms with Crippen molar-refractivity contribution in [3.05, 3.63) is 0 Å². The number of likely N-dealkylation sites (N-methyl/N-ethyl adjacent to an activating group) is 2. The lowest BCUT2D eigenvalue weighted by atomic mass is 10.1. The minimum absolute atomic E-state index is 0.00750. The van der Waals surface area contributed by atoms with Crippen LogP contribution < -0.4 is 5.32 Å². The van der Waals surface area contributed by atoms with Gasteiger partial charge < -0.3 is 10.2 Å². The number of amides is 1. The number of carbonyl (C=O) groups is 1. The summed E-state index contributed by atoms with van der Waals surface area (Å²) in [6.45, 7) is 3.92. The fraction of sp³-hybridized carbons (Fsp3) is 0.929. The van der Waals surface area contributed by atoms with Crippen molar-refractivity contribution in [3.63, 3.8) is 0 Å². The Hall–Kier alpha value is -0.610. The van der Waals surface area contributed by atoms with Crippen LogP contribution in [-0.4, -0.2) is 61.0 Å². The summed E-state index contributed by atoms with van der Waals surface area (Å²) in [4.78, 5) is 17.1. The van der Waals surface area contributed by atoms with Crippen molar-refractivity contribution in [2.75, 3.05) is 27.2 Å². The summed E-state index contributed by atoms with van der Waals surface area (Å²) in [6, 6.07) is 1.00. The summed E-state index contributed by atoms with van der Waals surface area (Å²) in [6.07, 6.45) is 6.08.